The van der Waals surface area contributed by atoms with Crippen molar-refractivity contribution in [3.63, 3.8) is 0 Å². The van der Waals surface area contributed by atoms with Crippen LogP contribution in [0.5, 0.6) is 11.5 Å². The van der Waals surface area contributed by atoms with Crippen molar-refractivity contribution in [2.24, 2.45) is 0 Å². The Labute approximate surface area is 115 Å². The highest BCUT2D eigenvalue weighted by Crippen LogP contribution is 2.24. The Morgan fingerprint density at radius 3 is 2.11 bits per heavy atom. The first kappa shape index (κ1) is 13.6. The fourth-order valence-corrected chi connectivity index (χ4v) is 2.14. The predicted octanol–water partition coefficient (Wildman–Crippen LogP) is 4.54. The summed E-state index contributed by atoms with van der Waals surface area (Å²) in [6.07, 6.45) is 1.09. The van der Waals surface area contributed by atoms with Crippen LogP contribution in [0.3, 0.4) is 0 Å². The molecule has 0 aliphatic rings. The molecule has 100 valence electrons. The largest absolute Gasteiger partial charge is 0.457 e. The van der Waals surface area contributed by atoms with Gasteiger partial charge in [-0.2, -0.15) is 0 Å². The van der Waals surface area contributed by atoms with Gasteiger partial charge in [0.2, 0.25) is 0 Å². The number of hydrogen-bond acceptors (Lipinski definition) is 2. The topological polar surface area (TPSA) is 21.3 Å². The summed E-state index contributed by atoms with van der Waals surface area (Å²) >= 11 is 0. The van der Waals surface area contributed by atoms with Gasteiger partial charge in [-0.1, -0.05) is 44.2 Å². The van der Waals surface area contributed by atoms with Crippen LogP contribution in [-0.4, -0.2) is 6.54 Å². The molecule has 0 fully saturated rings. The molecule has 0 bridgehead atoms. The molecule has 0 aliphatic heterocycles. The molecule has 1 atom stereocenters. The van der Waals surface area contributed by atoms with Gasteiger partial charge in [-0.3, -0.25) is 0 Å². The average Bonchev–Trinajstić information content (AvgIpc) is 2.47. The zero-order valence-electron chi connectivity index (χ0n) is 11.6. The molecule has 0 saturated carbocycles. The molecule has 0 aromatic heterocycles. The zero-order chi connectivity index (χ0) is 13.5. The summed E-state index contributed by atoms with van der Waals surface area (Å²) in [5.41, 5.74) is 1.31. The monoisotopic (exact) mass is 255 g/mol. The molecule has 2 aromatic rings. The minimum Gasteiger partial charge on any atom is -0.457 e. The third-order valence-electron chi connectivity index (χ3n) is 3.12. The van der Waals surface area contributed by atoms with E-state index in [1.807, 2.05) is 42.5 Å². The van der Waals surface area contributed by atoms with E-state index in [9.17, 15) is 0 Å². The van der Waals surface area contributed by atoms with Gasteiger partial charge in [0.1, 0.15) is 11.5 Å². The molecular weight excluding hydrogens is 234 g/mol. The molecule has 2 heteroatoms. The number of para-hydroxylation sites is 1. The summed E-state index contributed by atoms with van der Waals surface area (Å²) in [5, 5.41) is 3.48. The average molecular weight is 255 g/mol. The number of ether oxygens (including phenoxy) is 1. The molecule has 0 aliphatic carbocycles. The van der Waals surface area contributed by atoms with E-state index in [4.69, 9.17) is 4.74 Å². The van der Waals surface area contributed by atoms with Gasteiger partial charge in [0.25, 0.3) is 0 Å². The summed E-state index contributed by atoms with van der Waals surface area (Å²) in [4.78, 5) is 0. The predicted molar refractivity (Wildman–Crippen MR) is 79.7 cm³/mol. The standard InChI is InChI=1S/C17H21NO/c1-3-17(18-4-2)14-10-12-16(13-11-14)19-15-8-6-5-7-9-15/h5-13,17-18H,3-4H2,1-2H3. The van der Waals surface area contributed by atoms with Crippen molar-refractivity contribution in [1.29, 1.82) is 0 Å². The van der Waals surface area contributed by atoms with Crippen LogP contribution in [0.25, 0.3) is 0 Å². The second-order valence-electron chi connectivity index (χ2n) is 4.50. The minimum atomic E-state index is 0.427. The quantitative estimate of drug-likeness (QED) is 0.818. The summed E-state index contributed by atoms with van der Waals surface area (Å²) in [6, 6.07) is 18.6. The first-order valence-electron chi connectivity index (χ1n) is 6.89. The molecule has 0 spiro atoms. The third kappa shape index (κ3) is 3.83. The smallest absolute Gasteiger partial charge is 0.127 e. The van der Waals surface area contributed by atoms with Crippen LogP contribution < -0.4 is 10.1 Å². The van der Waals surface area contributed by atoms with Gasteiger partial charge in [-0.25, -0.2) is 0 Å². The van der Waals surface area contributed by atoms with Crippen molar-refractivity contribution in [1.82, 2.24) is 5.32 Å². The van der Waals surface area contributed by atoms with E-state index in [1.165, 1.54) is 5.56 Å². The van der Waals surface area contributed by atoms with E-state index >= 15 is 0 Å². The van der Waals surface area contributed by atoms with Gasteiger partial charge < -0.3 is 10.1 Å². The normalized spacial score (nSPS) is 12.1. The van der Waals surface area contributed by atoms with Crippen LogP contribution in [0, 0.1) is 0 Å². The highest BCUT2D eigenvalue weighted by Gasteiger charge is 2.07. The molecule has 1 N–H and O–H groups in total. The molecule has 0 saturated heterocycles. The zero-order valence-corrected chi connectivity index (χ0v) is 11.6. The lowest BCUT2D eigenvalue weighted by Crippen LogP contribution is -2.19. The van der Waals surface area contributed by atoms with Crippen LogP contribution in [0.1, 0.15) is 31.9 Å². The lowest BCUT2D eigenvalue weighted by Gasteiger charge is -2.16. The van der Waals surface area contributed by atoms with Gasteiger partial charge >= 0.3 is 0 Å². The molecule has 2 aromatic carbocycles. The van der Waals surface area contributed by atoms with Crippen molar-refractivity contribution in [2.75, 3.05) is 6.54 Å². The van der Waals surface area contributed by atoms with Crippen molar-refractivity contribution in [3.05, 3.63) is 60.2 Å². The van der Waals surface area contributed by atoms with Gasteiger partial charge in [0.05, 0.1) is 0 Å². The van der Waals surface area contributed by atoms with Crippen molar-refractivity contribution in [3.8, 4) is 11.5 Å². The van der Waals surface area contributed by atoms with Crippen molar-refractivity contribution >= 4 is 0 Å². The third-order valence-corrected chi connectivity index (χ3v) is 3.12. The SMILES string of the molecule is CCNC(CC)c1ccc(Oc2ccccc2)cc1. The number of rotatable bonds is 6. The van der Waals surface area contributed by atoms with E-state index < -0.39 is 0 Å². The van der Waals surface area contributed by atoms with E-state index in [0.717, 1.165) is 24.5 Å². The molecule has 1 unspecified atom stereocenters. The Bertz CT molecular complexity index is 478. The lowest BCUT2D eigenvalue weighted by atomic mass is 10.0. The lowest BCUT2D eigenvalue weighted by molar-refractivity contribution is 0.481. The summed E-state index contributed by atoms with van der Waals surface area (Å²) in [7, 11) is 0. The maximum absolute atomic E-state index is 5.79. The first-order chi connectivity index (χ1) is 9.33. The number of nitrogens with one attached hydrogen (secondary N) is 1. The fraction of sp³-hybridized carbons (Fsp3) is 0.294. The fourth-order valence-electron chi connectivity index (χ4n) is 2.14. The maximum Gasteiger partial charge on any atom is 0.127 e. The molecule has 0 heterocycles. The van der Waals surface area contributed by atoms with Crippen LogP contribution in [0.15, 0.2) is 54.6 Å². The van der Waals surface area contributed by atoms with E-state index in [-0.39, 0.29) is 0 Å². The molecule has 19 heavy (non-hydrogen) atoms. The highest BCUT2D eigenvalue weighted by molar-refractivity contribution is 5.33. The molecule has 2 nitrogen and oxygen atoms in total. The van der Waals surface area contributed by atoms with Crippen LogP contribution >= 0.6 is 0 Å². The van der Waals surface area contributed by atoms with Gasteiger partial charge in [0.15, 0.2) is 0 Å². The Hall–Kier alpha value is -1.80. The van der Waals surface area contributed by atoms with Crippen molar-refractivity contribution < 1.29 is 4.74 Å². The molecule has 2 rings (SSSR count). The maximum atomic E-state index is 5.79. The molecule has 0 amide bonds. The van der Waals surface area contributed by atoms with Crippen LogP contribution in [-0.2, 0) is 0 Å². The summed E-state index contributed by atoms with van der Waals surface area (Å²) < 4.78 is 5.79. The molecular formula is C17H21NO. The second-order valence-corrected chi connectivity index (χ2v) is 4.50. The van der Waals surface area contributed by atoms with Crippen LogP contribution in [0.2, 0.25) is 0 Å². The number of hydrogen-bond donors (Lipinski definition) is 1. The Balaban J connectivity index is 2.06. The van der Waals surface area contributed by atoms with Crippen molar-refractivity contribution in [2.45, 2.75) is 26.3 Å². The first-order valence-corrected chi connectivity index (χ1v) is 6.89. The van der Waals surface area contributed by atoms with Gasteiger partial charge in [-0.15, -0.1) is 0 Å². The Morgan fingerprint density at radius 2 is 1.53 bits per heavy atom. The second kappa shape index (κ2) is 6.95. The Morgan fingerprint density at radius 1 is 0.895 bits per heavy atom. The minimum absolute atomic E-state index is 0.427. The Kier molecular flexibility index (Phi) is 4.99. The van der Waals surface area contributed by atoms with E-state index in [0.29, 0.717) is 6.04 Å². The van der Waals surface area contributed by atoms with E-state index in [1.54, 1.807) is 0 Å². The summed E-state index contributed by atoms with van der Waals surface area (Å²) in [6.45, 7) is 5.32. The van der Waals surface area contributed by atoms with Crippen LogP contribution in [0.4, 0.5) is 0 Å². The van der Waals surface area contributed by atoms with E-state index in [2.05, 4.69) is 31.3 Å². The number of benzene rings is 2. The highest BCUT2D eigenvalue weighted by atomic mass is 16.5. The molecule has 0 radical (unpaired) electrons. The van der Waals surface area contributed by atoms with Gasteiger partial charge in [-0.05, 0) is 42.8 Å². The van der Waals surface area contributed by atoms with Gasteiger partial charge in [0, 0.05) is 6.04 Å². The summed E-state index contributed by atoms with van der Waals surface area (Å²) in [5.74, 6) is 1.75.